The van der Waals surface area contributed by atoms with Gasteiger partial charge in [-0.05, 0) is 23.6 Å². The lowest BCUT2D eigenvalue weighted by atomic mass is 10.1. The van der Waals surface area contributed by atoms with Crippen molar-refractivity contribution in [2.75, 3.05) is 14.2 Å². The van der Waals surface area contributed by atoms with Crippen molar-refractivity contribution in [1.29, 1.82) is 0 Å². The van der Waals surface area contributed by atoms with Crippen LogP contribution < -0.4 is 9.47 Å². The summed E-state index contributed by atoms with van der Waals surface area (Å²) in [6, 6.07) is 10.9. The van der Waals surface area contributed by atoms with Crippen LogP contribution in [0.5, 0.6) is 17.2 Å². The zero-order chi connectivity index (χ0) is 16.8. The fourth-order valence-electron chi connectivity index (χ4n) is 2.22. The van der Waals surface area contributed by atoms with Crippen molar-refractivity contribution >= 4 is 11.9 Å². The maximum atomic E-state index is 12.4. The van der Waals surface area contributed by atoms with E-state index in [9.17, 15) is 9.90 Å². The van der Waals surface area contributed by atoms with Crippen molar-refractivity contribution in [1.82, 2.24) is 0 Å². The van der Waals surface area contributed by atoms with Gasteiger partial charge in [-0.3, -0.25) is 4.79 Å². The zero-order valence-electron chi connectivity index (χ0n) is 13.5. The Kier molecular flexibility index (Phi) is 5.41. The van der Waals surface area contributed by atoms with Crippen molar-refractivity contribution in [2.24, 2.45) is 0 Å². The predicted octanol–water partition coefficient (Wildman–Crippen LogP) is 3.87. The second kappa shape index (κ2) is 7.49. The first-order chi connectivity index (χ1) is 11.1. The molecule has 2 rings (SSSR count). The summed E-state index contributed by atoms with van der Waals surface area (Å²) in [5.74, 6) is 0.201. The molecule has 23 heavy (non-hydrogen) atoms. The monoisotopic (exact) mass is 312 g/mol. The Morgan fingerprint density at radius 2 is 1.83 bits per heavy atom. The smallest absolute Gasteiger partial charge is 0.193 e. The number of carbonyl (C=O) groups excluding carboxylic acids is 1. The molecule has 0 unspecified atom stereocenters. The Morgan fingerprint density at radius 3 is 2.39 bits per heavy atom. The number of phenolic OH excluding ortho intramolecular Hbond substituents is 1. The normalized spacial score (nSPS) is 10.7. The molecular weight excluding hydrogens is 292 g/mol. The molecule has 0 saturated carbocycles. The maximum Gasteiger partial charge on any atom is 0.193 e. The molecule has 0 aliphatic heterocycles. The van der Waals surface area contributed by atoms with Crippen LogP contribution in [0.4, 0.5) is 0 Å². The summed E-state index contributed by atoms with van der Waals surface area (Å²) >= 11 is 0. The summed E-state index contributed by atoms with van der Waals surface area (Å²) in [4.78, 5) is 12.4. The first-order valence-corrected chi connectivity index (χ1v) is 7.35. The molecule has 0 aromatic heterocycles. The number of carbonyl (C=O) groups is 1. The third-order valence-electron chi connectivity index (χ3n) is 3.57. The van der Waals surface area contributed by atoms with Gasteiger partial charge in [0, 0.05) is 12.1 Å². The quantitative estimate of drug-likeness (QED) is 0.650. The summed E-state index contributed by atoms with van der Waals surface area (Å²) in [6.45, 7) is 2.09. The van der Waals surface area contributed by atoms with Crippen LogP contribution in [-0.4, -0.2) is 25.1 Å². The van der Waals surface area contributed by atoms with Crippen molar-refractivity contribution in [3.8, 4) is 17.2 Å². The third-order valence-corrected chi connectivity index (χ3v) is 3.57. The molecule has 2 aromatic carbocycles. The molecular formula is C19H20O4. The van der Waals surface area contributed by atoms with E-state index in [0.717, 1.165) is 12.0 Å². The number of hydrogen-bond donors (Lipinski definition) is 1. The van der Waals surface area contributed by atoms with Gasteiger partial charge in [0.1, 0.15) is 22.8 Å². The average molecular weight is 312 g/mol. The fraction of sp³-hybridized carbons (Fsp3) is 0.211. The van der Waals surface area contributed by atoms with E-state index in [1.54, 1.807) is 12.1 Å². The molecule has 0 fully saturated rings. The minimum Gasteiger partial charge on any atom is -0.507 e. The van der Waals surface area contributed by atoms with Crippen LogP contribution in [0, 0.1) is 0 Å². The SMILES string of the molecule is CCc1ccc(/C=C/C(=O)c2c(O)cc(OC)cc2OC)cc1. The molecule has 0 aliphatic rings. The number of ether oxygens (including phenoxy) is 2. The van der Waals surface area contributed by atoms with Crippen LogP contribution in [0.25, 0.3) is 6.08 Å². The Balaban J connectivity index is 2.27. The number of methoxy groups -OCH3 is 2. The second-order valence-electron chi connectivity index (χ2n) is 5.02. The summed E-state index contributed by atoms with van der Waals surface area (Å²) in [6.07, 6.45) is 4.11. The van der Waals surface area contributed by atoms with Crippen molar-refractivity contribution < 1.29 is 19.4 Å². The van der Waals surface area contributed by atoms with Gasteiger partial charge in [-0.2, -0.15) is 0 Å². The summed E-state index contributed by atoms with van der Waals surface area (Å²) in [7, 11) is 2.92. The van der Waals surface area contributed by atoms with E-state index in [0.29, 0.717) is 5.75 Å². The van der Waals surface area contributed by atoms with Crippen molar-refractivity contribution in [3.05, 3.63) is 59.2 Å². The van der Waals surface area contributed by atoms with Gasteiger partial charge in [0.25, 0.3) is 0 Å². The predicted molar refractivity (Wildman–Crippen MR) is 90.4 cm³/mol. The molecule has 0 saturated heterocycles. The van der Waals surface area contributed by atoms with E-state index in [2.05, 4.69) is 6.92 Å². The molecule has 0 heterocycles. The molecule has 0 atom stereocenters. The van der Waals surface area contributed by atoms with Gasteiger partial charge in [0.05, 0.1) is 14.2 Å². The summed E-state index contributed by atoms with van der Waals surface area (Å²) < 4.78 is 10.2. The van der Waals surface area contributed by atoms with Gasteiger partial charge in [0.2, 0.25) is 0 Å². The molecule has 0 aliphatic carbocycles. The Labute approximate surface area is 136 Å². The molecule has 2 aromatic rings. The topological polar surface area (TPSA) is 55.8 Å². The van der Waals surface area contributed by atoms with Crippen molar-refractivity contribution in [3.63, 3.8) is 0 Å². The summed E-state index contributed by atoms with van der Waals surface area (Å²) in [5.41, 5.74) is 2.28. The van der Waals surface area contributed by atoms with Gasteiger partial charge in [-0.25, -0.2) is 0 Å². The van der Waals surface area contributed by atoms with Crippen LogP contribution in [0.3, 0.4) is 0 Å². The van der Waals surface area contributed by atoms with Gasteiger partial charge in [0.15, 0.2) is 5.78 Å². The van der Waals surface area contributed by atoms with Crippen LogP contribution in [0.2, 0.25) is 0 Å². The fourth-order valence-corrected chi connectivity index (χ4v) is 2.22. The minimum atomic E-state index is -0.332. The number of aryl methyl sites for hydroxylation is 1. The number of benzene rings is 2. The standard InChI is InChI=1S/C19H20O4/c1-4-13-5-7-14(8-6-13)9-10-16(20)19-17(21)11-15(22-2)12-18(19)23-3/h5-12,21H,4H2,1-3H3/b10-9+. The summed E-state index contributed by atoms with van der Waals surface area (Å²) in [5, 5.41) is 10.1. The number of ketones is 1. The number of phenols is 1. The van der Waals surface area contributed by atoms with Gasteiger partial charge >= 0.3 is 0 Å². The molecule has 1 N–H and O–H groups in total. The van der Waals surface area contributed by atoms with E-state index in [1.165, 1.54) is 31.9 Å². The minimum absolute atomic E-state index is 0.120. The largest absolute Gasteiger partial charge is 0.507 e. The molecule has 0 radical (unpaired) electrons. The van der Waals surface area contributed by atoms with E-state index < -0.39 is 0 Å². The van der Waals surface area contributed by atoms with Crippen LogP contribution in [0.15, 0.2) is 42.5 Å². The van der Waals surface area contributed by atoms with Crippen LogP contribution in [0.1, 0.15) is 28.4 Å². The maximum absolute atomic E-state index is 12.4. The van der Waals surface area contributed by atoms with Gasteiger partial charge < -0.3 is 14.6 Å². The van der Waals surface area contributed by atoms with E-state index in [1.807, 2.05) is 24.3 Å². The average Bonchev–Trinajstić information content (AvgIpc) is 2.59. The first-order valence-electron chi connectivity index (χ1n) is 7.35. The highest BCUT2D eigenvalue weighted by molar-refractivity contribution is 6.10. The van der Waals surface area contributed by atoms with Crippen LogP contribution >= 0.6 is 0 Å². The van der Waals surface area contributed by atoms with Gasteiger partial charge in [-0.1, -0.05) is 37.3 Å². The van der Waals surface area contributed by atoms with Crippen LogP contribution in [-0.2, 0) is 6.42 Å². The molecule has 120 valence electrons. The van der Waals surface area contributed by atoms with Gasteiger partial charge in [-0.15, -0.1) is 0 Å². The number of aromatic hydroxyl groups is 1. The highest BCUT2D eigenvalue weighted by Crippen LogP contribution is 2.33. The Morgan fingerprint density at radius 1 is 1.13 bits per heavy atom. The zero-order valence-corrected chi connectivity index (χ0v) is 13.5. The Bertz CT molecular complexity index is 715. The molecule has 4 nitrogen and oxygen atoms in total. The lowest BCUT2D eigenvalue weighted by molar-refractivity contribution is 0.104. The number of rotatable bonds is 6. The lowest BCUT2D eigenvalue weighted by Crippen LogP contribution is -2.00. The molecule has 0 bridgehead atoms. The molecule has 4 heteroatoms. The van der Waals surface area contributed by atoms with E-state index in [-0.39, 0.29) is 22.8 Å². The highest BCUT2D eigenvalue weighted by atomic mass is 16.5. The third kappa shape index (κ3) is 3.92. The first kappa shape index (κ1) is 16.6. The second-order valence-corrected chi connectivity index (χ2v) is 5.02. The molecule has 0 amide bonds. The Hall–Kier alpha value is -2.75. The highest BCUT2D eigenvalue weighted by Gasteiger charge is 2.17. The van der Waals surface area contributed by atoms with E-state index in [4.69, 9.17) is 9.47 Å². The number of allylic oxidation sites excluding steroid dienone is 1. The number of hydrogen-bond acceptors (Lipinski definition) is 4. The lowest BCUT2D eigenvalue weighted by Gasteiger charge is -2.10. The van der Waals surface area contributed by atoms with Crippen molar-refractivity contribution in [2.45, 2.75) is 13.3 Å². The van der Waals surface area contributed by atoms with E-state index >= 15 is 0 Å². The molecule has 0 spiro atoms.